The number of aromatic amines is 1. The van der Waals surface area contributed by atoms with Crippen molar-refractivity contribution < 1.29 is 19.7 Å². The molecule has 0 aliphatic carbocycles. The summed E-state index contributed by atoms with van der Waals surface area (Å²) in [5.41, 5.74) is 5.55. The third kappa shape index (κ3) is 2.85. The van der Waals surface area contributed by atoms with Gasteiger partial charge in [0.1, 0.15) is 18.1 Å². The van der Waals surface area contributed by atoms with Gasteiger partial charge in [0.25, 0.3) is 5.56 Å². The number of nitrogens with two attached hydrogens (primary N) is 1. The molecule has 10 nitrogen and oxygen atoms in total. The van der Waals surface area contributed by atoms with Crippen LogP contribution in [0.15, 0.2) is 4.79 Å². The molecule has 3 unspecified atom stereocenters. The Morgan fingerprint density at radius 2 is 2.38 bits per heavy atom. The summed E-state index contributed by atoms with van der Waals surface area (Å²) in [6, 6.07) is 0. The van der Waals surface area contributed by atoms with E-state index in [4.69, 9.17) is 15.2 Å². The third-order valence-electron chi connectivity index (χ3n) is 3.66. The van der Waals surface area contributed by atoms with Gasteiger partial charge in [-0.25, -0.2) is 4.68 Å². The van der Waals surface area contributed by atoms with Gasteiger partial charge in [0.05, 0.1) is 12.7 Å². The lowest BCUT2D eigenvalue weighted by molar-refractivity contribution is -0.0470. The molecular formula is C14H17N5O5. The summed E-state index contributed by atoms with van der Waals surface area (Å²) >= 11 is 0. The largest absolute Gasteiger partial charge is 0.394 e. The molecule has 128 valence electrons. The lowest BCUT2D eigenvalue weighted by Crippen LogP contribution is -2.24. The van der Waals surface area contributed by atoms with Crippen LogP contribution in [-0.2, 0) is 9.47 Å². The second-order valence-corrected chi connectivity index (χ2v) is 5.29. The number of anilines is 1. The lowest BCUT2D eigenvalue weighted by Gasteiger charge is -2.12. The molecule has 1 saturated heterocycles. The van der Waals surface area contributed by atoms with Crippen LogP contribution < -0.4 is 11.3 Å². The van der Waals surface area contributed by atoms with Gasteiger partial charge in [-0.15, -0.1) is 0 Å². The van der Waals surface area contributed by atoms with E-state index in [1.165, 1.54) is 11.8 Å². The van der Waals surface area contributed by atoms with Crippen molar-refractivity contribution in [2.45, 2.75) is 24.9 Å². The second-order valence-electron chi connectivity index (χ2n) is 5.29. The molecule has 2 aromatic rings. The molecule has 0 spiro atoms. The highest BCUT2D eigenvalue weighted by Gasteiger charge is 2.36. The number of aliphatic hydroxyl groups is 2. The molecule has 10 heteroatoms. The van der Waals surface area contributed by atoms with Crippen LogP contribution in [0.4, 0.5) is 5.95 Å². The predicted molar refractivity (Wildman–Crippen MR) is 82.9 cm³/mol. The highest BCUT2D eigenvalue weighted by Crippen LogP contribution is 2.30. The first-order valence-electron chi connectivity index (χ1n) is 7.25. The Morgan fingerprint density at radius 1 is 1.58 bits per heavy atom. The Morgan fingerprint density at radius 3 is 3.04 bits per heavy atom. The van der Waals surface area contributed by atoms with Crippen LogP contribution in [0.5, 0.6) is 0 Å². The van der Waals surface area contributed by atoms with E-state index in [2.05, 4.69) is 26.9 Å². The van der Waals surface area contributed by atoms with Crippen molar-refractivity contribution in [2.75, 3.05) is 26.1 Å². The average Bonchev–Trinajstić information content (AvgIpc) is 3.08. The summed E-state index contributed by atoms with van der Waals surface area (Å²) < 4.78 is 11.8. The molecule has 5 N–H and O–H groups in total. The molecule has 2 aromatic heterocycles. The molecule has 0 bridgehead atoms. The van der Waals surface area contributed by atoms with E-state index >= 15 is 0 Å². The topological polar surface area (TPSA) is 149 Å². The van der Waals surface area contributed by atoms with Crippen LogP contribution in [0.1, 0.15) is 18.3 Å². The monoisotopic (exact) mass is 335 g/mol. The zero-order chi connectivity index (χ0) is 17.3. The average molecular weight is 335 g/mol. The molecule has 3 heterocycles. The molecule has 0 saturated carbocycles. The molecule has 1 aliphatic heterocycles. The number of rotatable bonds is 3. The first-order valence-corrected chi connectivity index (χ1v) is 7.25. The van der Waals surface area contributed by atoms with E-state index in [0.717, 1.165) is 0 Å². The number of H-pyrrole nitrogens is 1. The van der Waals surface area contributed by atoms with Crippen LogP contribution in [0, 0.1) is 11.8 Å². The molecule has 0 radical (unpaired) electrons. The van der Waals surface area contributed by atoms with Crippen molar-refractivity contribution in [1.29, 1.82) is 0 Å². The normalized spacial score (nSPS) is 23.4. The lowest BCUT2D eigenvalue weighted by atomic mass is 10.2. The van der Waals surface area contributed by atoms with Crippen molar-refractivity contribution in [1.82, 2.24) is 19.7 Å². The van der Waals surface area contributed by atoms with E-state index in [1.54, 1.807) is 0 Å². The molecule has 3 atom stereocenters. The first kappa shape index (κ1) is 16.4. The molecule has 3 rings (SSSR count). The van der Waals surface area contributed by atoms with Crippen LogP contribution >= 0.6 is 0 Å². The number of methoxy groups -OCH3 is 1. The summed E-state index contributed by atoms with van der Waals surface area (Å²) in [5, 5.41) is 23.6. The Hall–Kier alpha value is -2.45. The number of nitrogen functional groups attached to an aromatic ring is 1. The highest BCUT2D eigenvalue weighted by molar-refractivity contribution is 5.81. The van der Waals surface area contributed by atoms with Crippen molar-refractivity contribution >= 4 is 17.0 Å². The summed E-state index contributed by atoms with van der Waals surface area (Å²) in [5.74, 6) is 5.41. The zero-order valence-electron chi connectivity index (χ0n) is 12.9. The van der Waals surface area contributed by atoms with Gasteiger partial charge >= 0.3 is 0 Å². The van der Waals surface area contributed by atoms with Crippen LogP contribution in [-0.4, -0.2) is 62.5 Å². The van der Waals surface area contributed by atoms with Gasteiger partial charge in [-0.05, 0) is 5.92 Å². The fraction of sp³-hybridized carbons (Fsp3) is 0.500. The Bertz CT molecular complexity index is 864. The van der Waals surface area contributed by atoms with E-state index in [0.29, 0.717) is 0 Å². The van der Waals surface area contributed by atoms with Gasteiger partial charge < -0.3 is 25.4 Å². The zero-order valence-corrected chi connectivity index (χ0v) is 12.9. The SMILES string of the molecule is COCC#Cc1nn(C2CC(O)C(CO)O2)c2nc(N)[nH]c(=O)c12. The van der Waals surface area contributed by atoms with Gasteiger partial charge in [0.15, 0.2) is 17.6 Å². The predicted octanol–water partition coefficient (Wildman–Crippen LogP) is -1.66. The van der Waals surface area contributed by atoms with Gasteiger partial charge in [-0.3, -0.25) is 9.78 Å². The van der Waals surface area contributed by atoms with Crippen molar-refractivity contribution in [3.63, 3.8) is 0 Å². The number of aromatic nitrogens is 4. The maximum absolute atomic E-state index is 12.2. The molecule has 1 fully saturated rings. The quantitative estimate of drug-likeness (QED) is 0.487. The molecule has 24 heavy (non-hydrogen) atoms. The Balaban J connectivity index is 2.12. The number of nitrogens with one attached hydrogen (secondary N) is 1. The Labute approximate surface area is 136 Å². The van der Waals surface area contributed by atoms with Crippen LogP contribution in [0.2, 0.25) is 0 Å². The second kappa shape index (κ2) is 6.58. The maximum Gasteiger partial charge on any atom is 0.264 e. The van der Waals surface area contributed by atoms with Gasteiger partial charge in [-0.2, -0.15) is 10.1 Å². The minimum Gasteiger partial charge on any atom is -0.394 e. The fourth-order valence-corrected chi connectivity index (χ4v) is 2.57. The number of hydrogen-bond donors (Lipinski definition) is 4. The van der Waals surface area contributed by atoms with Crippen molar-refractivity contribution in [2.24, 2.45) is 0 Å². The minimum atomic E-state index is -0.846. The van der Waals surface area contributed by atoms with Crippen molar-refractivity contribution in [3.05, 3.63) is 16.0 Å². The molecular weight excluding hydrogens is 318 g/mol. The number of nitrogens with zero attached hydrogens (tertiary/aromatic N) is 3. The van der Waals surface area contributed by atoms with E-state index in [1.807, 2.05) is 0 Å². The number of aliphatic hydroxyl groups excluding tert-OH is 2. The van der Waals surface area contributed by atoms with Gasteiger partial charge in [0, 0.05) is 13.5 Å². The smallest absolute Gasteiger partial charge is 0.264 e. The van der Waals surface area contributed by atoms with E-state index in [-0.39, 0.29) is 42.3 Å². The minimum absolute atomic E-state index is 0.0673. The molecule has 0 aromatic carbocycles. The first-order chi connectivity index (χ1) is 11.5. The number of hydrogen-bond acceptors (Lipinski definition) is 8. The fourth-order valence-electron chi connectivity index (χ4n) is 2.57. The van der Waals surface area contributed by atoms with E-state index < -0.39 is 24.0 Å². The van der Waals surface area contributed by atoms with E-state index in [9.17, 15) is 15.0 Å². The Kier molecular flexibility index (Phi) is 4.50. The van der Waals surface area contributed by atoms with Gasteiger partial charge in [-0.1, -0.05) is 5.92 Å². The standard InChI is InChI=1S/C14H17N5O5/c1-23-4-2-3-7-11-12(16-14(15)17-13(11)22)19(18-7)10-5-8(21)9(6-20)24-10/h8-10,20-21H,4-6H2,1H3,(H3,15,16,17,22). The molecule has 0 amide bonds. The van der Waals surface area contributed by atoms with Crippen molar-refractivity contribution in [3.8, 4) is 11.8 Å². The maximum atomic E-state index is 12.2. The summed E-state index contributed by atoms with van der Waals surface area (Å²) in [7, 11) is 1.50. The third-order valence-corrected chi connectivity index (χ3v) is 3.66. The summed E-state index contributed by atoms with van der Waals surface area (Å²) in [6.45, 7) is -0.145. The number of ether oxygens (including phenoxy) is 2. The molecule has 1 aliphatic rings. The summed E-state index contributed by atoms with van der Waals surface area (Å²) in [4.78, 5) is 18.7. The van der Waals surface area contributed by atoms with Gasteiger partial charge in [0.2, 0.25) is 5.95 Å². The summed E-state index contributed by atoms with van der Waals surface area (Å²) in [6.07, 6.45) is -2.06. The number of fused-ring (bicyclic) bond motifs is 1. The van der Waals surface area contributed by atoms with Crippen LogP contribution in [0.3, 0.4) is 0 Å². The highest BCUT2D eigenvalue weighted by atomic mass is 16.5. The van der Waals surface area contributed by atoms with Crippen LogP contribution in [0.25, 0.3) is 11.0 Å².